The minimum Gasteiger partial charge on any atom is -0.355 e. The average Bonchev–Trinajstić information content (AvgIpc) is 3.59. The number of anilines is 1. The Balaban J connectivity index is 1.16. The van der Waals surface area contributed by atoms with Gasteiger partial charge in [0, 0.05) is 37.3 Å². The van der Waals surface area contributed by atoms with Crippen LogP contribution < -0.4 is 4.90 Å². The largest absolute Gasteiger partial charge is 0.355 e. The number of fused-ring (bicyclic) bond motifs is 1. The highest BCUT2D eigenvalue weighted by molar-refractivity contribution is 6.01. The zero-order chi connectivity index (χ0) is 22.9. The van der Waals surface area contributed by atoms with E-state index >= 15 is 0 Å². The number of rotatable bonds is 4. The van der Waals surface area contributed by atoms with Gasteiger partial charge < -0.3 is 14.3 Å². The van der Waals surface area contributed by atoms with Gasteiger partial charge in [-0.1, -0.05) is 35.5 Å². The number of carbonyl (C=O) groups excluding carboxylic acids is 1. The lowest BCUT2D eigenvalue weighted by molar-refractivity contribution is 0.0746. The molecule has 6 rings (SSSR count). The molecule has 1 aliphatic heterocycles. The normalized spacial score (nSPS) is 14.0. The average molecular weight is 452 g/mol. The zero-order valence-corrected chi connectivity index (χ0v) is 18.2. The molecule has 10 nitrogen and oxygen atoms in total. The maximum Gasteiger partial charge on any atom is 0.254 e. The van der Waals surface area contributed by atoms with Crippen molar-refractivity contribution in [1.29, 1.82) is 0 Å². The lowest BCUT2D eigenvalue weighted by atomic mass is 10.1. The first-order valence-electron chi connectivity index (χ1n) is 10.9. The Kier molecular flexibility index (Phi) is 4.95. The second-order valence-corrected chi connectivity index (χ2v) is 7.98. The minimum absolute atomic E-state index is 0.00521. The summed E-state index contributed by atoms with van der Waals surface area (Å²) in [5, 5.41) is 17.6. The van der Waals surface area contributed by atoms with Gasteiger partial charge in [-0.2, -0.15) is 5.10 Å². The third-order valence-corrected chi connectivity index (χ3v) is 5.94. The van der Waals surface area contributed by atoms with Crippen molar-refractivity contribution >= 4 is 22.6 Å². The van der Waals surface area contributed by atoms with Gasteiger partial charge in [0.25, 0.3) is 5.91 Å². The summed E-state index contributed by atoms with van der Waals surface area (Å²) in [4.78, 5) is 21.2. The molecular weight excluding hydrogens is 432 g/mol. The van der Waals surface area contributed by atoms with E-state index < -0.39 is 0 Å². The molecule has 1 aliphatic rings. The summed E-state index contributed by atoms with van der Waals surface area (Å²) in [7, 11) is 0. The van der Waals surface area contributed by atoms with E-state index in [2.05, 4.69) is 30.3 Å². The van der Waals surface area contributed by atoms with E-state index in [-0.39, 0.29) is 5.91 Å². The van der Waals surface area contributed by atoms with Crippen LogP contribution in [0.25, 0.3) is 28.0 Å². The number of hydrogen-bond donors (Lipinski definition) is 0. The van der Waals surface area contributed by atoms with Gasteiger partial charge in [0.2, 0.25) is 0 Å². The van der Waals surface area contributed by atoms with Crippen molar-refractivity contribution in [2.75, 3.05) is 31.1 Å². The standard InChI is InChI=1S/C24H20N8O2/c33-24(18-6-7-20-19(14-18)23(34-29-20)17-4-2-1-3-5-17)31-12-10-30(11-13-31)21-8-9-22(28-27-21)32-16-25-15-26-32/h1-9,14-16H,10-13H2. The Morgan fingerprint density at radius 2 is 1.68 bits per heavy atom. The smallest absolute Gasteiger partial charge is 0.254 e. The van der Waals surface area contributed by atoms with E-state index in [1.165, 1.54) is 6.33 Å². The molecule has 0 aliphatic carbocycles. The van der Waals surface area contributed by atoms with Crippen LogP contribution in [-0.2, 0) is 0 Å². The highest BCUT2D eigenvalue weighted by Gasteiger charge is 2.24. The quantitative estimate of drug-likeness (QED) is 0.410. The summed E-state index contributed by atoms with van der Waals surface area (Å²) in [6.07, 6.45) is 3.03. The van der Waals surface area contributed by atoms with Gasteiger partial charge in [-0.05, 0) is 30.3 Å². The molecule has 1 fully saturated rings. The van der Waals surface area contributed by atoms with Crippen LogP contribution in [0.2, 0.25) is 0 Å². The van der Waals surface area contributed by atoms with Crippen molar-refractivity contribution in [1.82, 2.24) is 35.0 Å². The number of piperazine rings is 1. The maximum absolute atomic E-state index is 13.2. The molecule has 10 heteroatoms. The Morgan fingerprint density at radius 1 is 0.882 bits per heavy atom. The van der Waals surface area contributed by atoms with Crippen LogP contribution in [0, 0.1) is 0 Å². The predicted molar refractivity (Wildman–Crippen MR) is 125 cm³/mol. The van der Waals surface area contributed by atoms with Crippen molar-refractivity contribution in [2.45, 2.75) is 0 Å². The van der Waals surface area contributed by atoms with Crippen molar-refractivity contribution in [3.63, 3.8) is 0 Å². The zero-order valence-electron chi connectivity index (χ0n) is 18.2. The Morgan fingerprint density at radius 3 is 2.41 bits per heavy atom. The summed E-state index contributed by atoms with van der Waals surface area (Å²) >= 11 is 0. The van der Waals surface area contributed by atoms with Gasteiger partial charge in [0.05, 0.1) is 5.39 Å². The van der Waals surface area contributed by atoms with Crippen molar-refractivity contribution < 1.29 is 9.32 Å². The second kappa shape index (κ2) is 8.39. The third-order valence-electron chi connectivity index (χ3n) is 5.94. The summed E-state index contributed by atoms with van der Waals surface area (Å²) in [6.45, 7) is 2.54. The fourth-order valence-electron chi connectivity index (χ4n) is 4.13. The number of aromatic nitrogens is 6. The number of carbonyl (C=O) groups is 1. The van der Waals surface area contributed by atoms with Gasteiger partial charge in [0.1, 0.15) is 18.2 Å². The molecule has 34 heavy (non-hydrogen) atoms. The first-order chi connectivity index (χ1) is 16.8. The maximum atomic E-state index is 13.2. The van der Waals surface area contributed by atoms with Gasteiger partial charge >= 0.3 is 0 Å². The predicted octanol–water partition coefficient (Wildman–Crippen LogP) is 2.83. The molecule has 0 spiro atoms. The van der Waals surface area contributed by atoms with Crippen LogP contribution in [0.4, 0.5) is 5.82 Å². The van der Waals surface area contributed by atoms with E-state index in [0.717, 1.165) is 22.3 Å². The molecule has 3 aromatic heterocycles. The third kappa shape index (κ3) is 3.64. The summed E-state index contributed by atoms with van der Waals surface area (Å²) < 4.78 is 7.13. The van der Waals surface area contributed by atoms with Gasteiger partial charge in [-0.15, -0.1) is 10.2 Å². The van der Waals surface area contributed by atoms with E-state index in [1.807, 2.05) is 65.6 Å². The first kappa shape index (κ1) is 20.0. The molecule has 0 atom stereocenters. The number of nitrogens with zero attached hydrogens (tertiary/aromatic N) is 8. The molecule has 0 radical (unpaired) electrons. The van der Waals surface area contributed by atoms with Crippen LogP contribution in [0.15, 0.2) is 77.8 Å². The van der Waals surface area contributed by atoms with Crippen molar-refractivity contribution in [2.24, 2.45) is 0 Å². The Labute approximate surface area is 194 Å². The molecule has 5 aromatic rings. The van der Waals surface area contributed by atoms with Crippen LogP contribution >= 0.6 is 0 Å². The van der Waals surface area contributed by atoms with Crippen LogP contribution in [0.1, 0.15) is 10.4 Å². The van der Waals surface area contributed by atoms with E-state index in [9.17, 15) is 4.79 Å². The molecule has 0 saturated carbocycles. The molecule has 0 bridgehead atoms. The highest BCUT2D eigenvalue weighted by Crippen LogP contribution is 2.29. The first-order valence-corrected chi connectivity index (χ1v) is 10.9. The Bertz CT molecular complexity index is 1420. The SMILES string of the molecule is O=C(c1ccc2noc(-c3ccccc3)c2c1)N1CCN(c2ccc(-n3cncn3)nn2)CC1. The summed E-state index contributed by atoms with van der Waals surface area (Å²) in [6, 6.07) is 19.1. The second-order valence-electron chi connectivity index (χ2n) is 7.98. The number of benzene rings is 2. The van der Waals surface area contributed by atoms with Crippen LogP contribution in [-0.4, -0.2) is 67.1 Å². The summed E-state index contributed by atoms with van der Waals surface area (Å²) in [5.41, 5.74) is 2.28. The van der Waals surface area contributed by atoms with Gasteiger partial charge in [-0.3, -0.25) is 4.79 Å². The fourth-order valence-corrected chi connectivity index (χ4v) is 4.13. The van der Waals surface area contributed by atoms with Crippen LogP contribution in [0.5, 0.6) is 0 Å². The molecule has 1 amide bonds. The van der Waals surface area contributed by atoms with Crippen LogP contribution in [0.3, 0.4) is 0 Å². The van der Waals surface area contributed by atoms with E-state index in [0.29, 0.717) is 43.3 Å². The highest BCUT2D eigenvalue weighted by atomic mass is 16.5. The van der Waals surface area contributed by atoms with Crippen molar-refractivity contribution in [3.05, 3.63) is 78.9 Å². The molecule has 0 N–H and O–H groups in total. The minimum atomic E-state index is -0.00521. The molecule has 2 aromatic carbocycles. The molecular formula is C24H20N8O2. The summed E-state index contributed by atoms with van der Waals surface area (Å²) in [5.74, 6) is 2.04. The lowest BCUT2D eigenvalue weighted by Crippen LogP contribution is -2.49. The molecule has 0 unspecified atom stereocenters. The monoisotopic (exact) mass is 452 g/mol. The number of amides is 1. The topological polar surface area (TPSA) is 106 Å². The van der Waals surface area contributed by atoms with Gasteiger partial charge in [0.15, 0.2) is 17.4 Å². The van der Waals surface area contributed by atoms with E-state index in [1.54, 1.807) is 11.0 Å². The Hall–Kier alpha value is -4.60. The molecule has 4 heterocycles. The molecule has 1 saturated heterocycles. The molecule has 168 valence electrons. The number of hydrogen-bond acceptors (Lipinski definition) is 8. The lowest BCUT2D eigenvalue weighted by Gasteiger charge is -2.35. The van der Waals surface area contributed by atoms with Crippen molar-refractivity contribution in [3.8, 4) is 17.1 Å². The fraction of sp³-hybridized carbons (Fsp3) is 0.167. The van der Waals surface area contributed by atoms with Gasteiger partial charge in [-0.25, -0.2) is 9.67 Å². The van der Waals surface area contributed by atoms with E-state index in [4.69, 9.17) is 4.52 Å².